The molecule has 34 heavy (non-hydrogen) atoms. The van der Waals surface area contributed by atoms with Gasteiger partial charge in [0.1, 0.15) is 29.5 Å². The van der Waals surface area contributed by atoms with Crippen molar-refractivity contribution in [3.63, 3.8) is 0 Å². The summed E-state index contributed by atoms with van der Waals surface area (Å²) in [4.78, 5) is 12.1. The van der Waals surface area contributed by atoms with Crippen molar-refractivity contribution in [1.29, 1.82) is 5.41 Å². The van der Waals surface area contributed by atoms with Crippen LogP contribution >= 0.6 is 0 Å². The highest BCUT2D eigenvalue weighted by atomic mass is 19.1. The van der Waals surface area contributed by atoms with Crippen LogP contribution in [0.1, 0.15) is 31.1 Å². The van der Waals surface area contributed by atoms with Crippen molar-refractivity contribution in [2.75, 3.05) is 12.4 Å². The van der Waals surface area contributed by atoms with Crippen molar-refractivity contribution >= 4 is 23.5 Å². The number of hydrogen-bond donors (Lipinski definition) is 4. The maximum atomic E-state index is 13.2. The second-order valence-corrected chi connectivity index (χ2v) is 7.81. The highest BCUT2D eigenvalue weighted by Crippen LogP contribution is 2.30. The van der Waals surface area contributed by atoms with Crippen LogP contribution in [0, 0.1) is 11.2 Å². The number of nitrogens with one attached hydrogen (secondary N) is 3. The van der Waals surface area contributed by atoms with Gasteiger partial charge in [-0.2, -0.15) is 0 Å². The van der Waals surface area contributed by atoms with Crippen LogP contribution < -0.4 is 20.1 Å². The lowest BCUT2D eigenvalue weighted by Crippen LogP contribution is -2.43. The molecule has 7 nitrogen and oxygen atoms in total. The summed E-state index contributed by atoms with van der Waals surface area (Å²) in [6.07, 6.45) is -0.570. The average molecular weight is 466 g/mol. The van der Waals surface area contributed by atoms with E-state index >= 15 is 0 Å². The van der Waals surface area contributed by atoms with Crippen molar-refractivity contribution in [2.24, 2.45) is 0 Å². The normalized spacial score (nSPS) is 13.3. The largest absolute Gasteiger partial charge is 0.497 e. The molecule has 3 aromatic carbocycles. The van der Waals surface area contributed by atoms with E-state index in [9.17, 15) is 14.3 Å². The number of carbonyl (C=O) groups excluding carboxylic acids is 1. The molecule has 0 aliphatic carbocycles. The lowest BCUT2D eigenvalue weighted by atomic mass is 10.0. The van der Waals surface area contributed by atoms with E-state index in [2.05, 4.69) is 10.6 Å². The quantitative estimate of drug-likeness (QED) is 0.328. The zero-order valence-corrected chi connectivity index (χ0v) is 19.2. The molecule has 8 heteroatoms. The number of hydrogen-bond acceptors (Lipinski definition) is 6. The Morgan fingerprint density at radius 2 is 1.79 bits per heavy atom. The average Bonchev–Trinajstić information content (AvgIpc) is 2.84. The number of anilines is 2. The minimum atomic E-state index is -1.16. The topological polar surface area (TPSA) is 104 Å². The molecule has 0 radical (unpaired) electrons. The number of methoxy groups -OCH3 is 1. The predicted molar refractivity (Wildman–Crippen MR) is 130 cm³/mol. The maximum Gasteiger partial charge on any atom is 0.248 e. The Hall–Kier alpha value is -3.91. The zero-order valence-electron chi connectivity index (χ0n) is 19.2. The fourth-order valence-corrected chi connectivity index (χ4v) is 3.38. The summed E-state index contributed by atoms with van der Waals surface area (Å²) in [6.45, 7) is 3.18. The van der Waals surface area contributed by atoms with E-state index in [-0.39, 0.29) is 5.82 Å². The fourth-order valence-electron chi connectivity index (χ4n) is 3.38. The summed E-state index contributed by atoms with van der Waals surface area (Å²) in [5, 5.41) is 23.4. The van der Waals surface area contributed by atoms with Crippen molar-refractivity contribution in [3.05, 3.63) is 83.7 Å². The van der Waals surface area contributed by atoms with Gasteiger partial charge in [0.15, 0.2) is 0 Å². The van der Waals surface area contributed by atoms with Gasteiger partial charge in [-0.25, -0.2) is 4.39 Å². The van der Waals surface area contributed by atoms with Crippen molar-refractivity contribution in [1.82, 2.24) is 5.32 Å². The van der Waals surface area contributed by atoms with E-state index < -0.39 is 24.2 Å². The van der Waals surface area contributed by atoms with Crippen LogP contribution in [-0.4, -0.2) is 36.5 Å². The third-order valence-corrected chi connectivity index (χ3v) is 5.19. The maximum absolute atomic E-state index is 13.2. The van der Waals surface area contributed by atoms with E-state index in [0.29, 0.717) is 28.4 Å². The molecular formula is C26H28FN3O4. The molecule has 4 N–H and O–H groups in total. The third kappa shape index (κ3) is 6.32. The Morgan fingerprint density at radius 3 is 2.44 bits per heavy atom. The van der Waals surface area contributed by atoms with Crippen LogP contribution in [0.4, 0.5) is 15.8 Å². The Morgan fingerprint density at radius 1 is 1.06 bits per heavy atom. The molecule has 0 aromatic heterocycles. The van der Waals surface area contributed by atoms with Gasteiger partial charge in [0.05, 0.1) is 13.2 Å². The zero-order chi connectivity index (χ0) is 24.7. The molecule has 3 atom stereocenters. The Bertz CT molecular complexity index is 1140. The molecule has 0 spiro atoms. The second kappa shape index (κ2) is 11.3. The van der Waals surface area contributed by atoms with Gasteiger partial charge in [-0.15, -0.1) is 0 Å². The number of aliphatic hydroxyl groups is 1. The van der Waals surface area contributed by atoms with Gasteiger partial charge >= 0.3 is 0 Å². The standard InChI is InChI=1S/C26H28FN3O4/c1-16(29-26(32)17(2)31)25(18-5-4-6-22(13-18)33-3)34-23-11-12-24(19(14-23)15-28)30-21-9-7-20(27)8-10-21/h4-17,25,28,30-31H,1-3H3,(H,29,32)/t16?,17-,25-/m0/s1. The van der Waals surface area contributed by atoms with Crippen LogP contribution in [0.3, 0.4) is 0 Å². The van der Waals surface area contributed by atoms with Gasteiger partial charge in [0.25, 0.3) is 0 Å². The summed E-state index contributed by atoms with van der Waals surface area (Å²) >= 11 is 0. The first-order chi connectivity index (χ1) is 16.3. The second-order valence-electron chi connectivity index (χ2n) is 7.81. The number of rotatable bonds is 10. The third-order valence-electron chi connectivity index (χ3n) is 5.19. The fraction of sp³-hybridized carbons (Fsp3) is 0.231. The van der Waals surface area contributed by atoms with Crippen molar-refractivity contribution < 1.29 is 23.8 Å². The lowest BCUT2D eigenvalue weighted by molar-refractivity contribution is -0.129. The highest BCUT2D eigenvalue weighted by molar-refractivity contribution is 5.88. The van der Waals surface area contributed by atoms with Crippen LogP contribution in [-0.2, 0) is 4.79 Å². The smallest absolute Gasteiger partial charge is 0.248 e. The lowest BCUT2D eigenvalue weighted by Gasteiger charge is -2.27. The molecule has 0 heterocycles. The summed E-state index contributed by atoms with van der Waals surface area (Å²) in [5.74, 6) is 0.276. The summed E-state index contributed by atoms with van der Waals surface area (Å²) in [5.41, 5.74) is 2.67. The Labute approximate surface area is 198 Å². The Balaban J connectivity index is 1.89. The molecular weight excluding hydrogens is 437 g/mol. The summed E-state index contributed by atoms with van der Waals surface area (Å²) in [6, 6.07) is 18.0. The van der Waals surface area contributed by atoms with E-state index in [1.165, 1.54) is 25.3 Å². The van der Waals surface area contributed by atoms with Gasteiger partial charge in [-0.1, -0.05) is 12.1 Å². The molecule has 0 fully saturated rings. The molecule has 0 saturated heterocycles. The van der Waals surface area contributed by atoms with Crippen molar-refractivity contribution in [2.45, 2.75) is 32.1 Å². The first kappa shape index (κ1) is 24.7. The molecule has 0 aliphatic heterocycles. The monoisotopic (exact) mass is 465 g/mol. The SMILES string of the molecule is COc1cccc([C@@H](Oc2ccc(Nc3ccc(F)cc3)c(C=N)c2)C(C)NC(=O)[C@H](C)O)c1. The van der Waals surface area contributed by atoms with Gasteiger partial charge in [-0.3, -0.25) is 4.79 Å². The molecule has 3 aromatic rings. The molecule has 0 aliphatic rings. The number of ether oxygens (including phenoxy) is 2. The minimum Gasteiger partial charge on any atom is -0.497 e. The molecule has 1 unspecified atom stereocenters. The molecule has 0 saturated carbocycles. The van der Waals surface area contributed by atoms with Crippen LogP contribution in [0.15, 0.2) is 66.7 Å². The predicted octanol–water partition coefficient (Wildman–Crippen LogP) is 4.58. The molecule has 178 valence electrons. The number of carbonyl (C=O) groups is 1. The van der Waals surface area contributed by atoms with E-state index in [0.717, 1.165) is 5.56 Å². The molecule has 1 amide bonds. The van der Waals surface area contributed by atoms with Crippen LogP contribution in [0.2, 0.25) is 0 Å². The van der Waals surface area contributed by atoms with Gasteiger partial charge < -0.3 is 30.6 Å². The Kier molecular flexibility index (Phi) is 8.21. The van der Waals surface area contributed by atoms with Crippen molar-refractivity contribution in [3.8, 4) is 11.5 Å². The van der Waals surface area contributed by atoms with Gasteiger partial charge in [0.2, 0.25) is 5.91 Å². The summed E-state index contributed by atoms with van der Waals surface area (Å²) < 4.78 is 24.8. The van der Waals surface area contributed by atoms with Crippen LogP contribution in [0.5, 0.6) is 11.5 Å². The first-order valence-electron chi connectivity index (χ1n) is 10.8. The van der Waals surface area contributed by atoms with Gasteiger partial charge in [0, 0.05) is 23.2 Å². The summed E-state index contributed by atoms with van der Waals surface area (Å²) in [7, 11) is 1.57. The first-order valence-corrected chi connectivity index (χ1v) is 10.8. The van der Waals surface area contributed by atoms with Crippen LogP contribution in [0.25, 0.3) is 0 Å². The number of halogens is 1. The van der Waals surface area contributed by atoms with E-state index in [4.69, 9.17) is 14.9 Å². The number of amides is 1. The molecule has 3 rings (SSSR count). The van der Waals surface area contributed by atoms with Gasteiger partial charge in [-0.05, 0) is 74.0 Å². The highest BCUT2D eigenvalue weighted by Gasteiger charge is 2.25. The number of aliphatic hydroxyl groups excluding tert-OH is 1. The van der Waals surface area contributed by atoms with E-state index in [1.54, 1.807) is 44.4 Å². The number of benzene rings is 3. The minimum absolute atomic E-state index is 0.332. The molecule has 0 bridgehead atoms. The van der Waals surface area contributed by atoms with E-state index in [1.807, 2.05) is 24.3 Å².